The summed E-state index contributed by atoms with van der Waals surface area (Å²) >= 11 is 0. The molecule has 4 nitrogen and oxygen atoms in total. The van der Waals surface area contributed by atoms with Crippen molar-refractivity contribution in [1.82, 2.24) is 10.2 Å². The van der Waals surface area contributed by atoms with Gasteiger partial charge < -0.3 is 19.7 Å². The molecule has 2 aliphatic heterocycles. The quantitative estimate of drug-likeness (QED) is 0.772. The highest BCUT2D eigenvalue weighted by molar-refractivity contribution is 4.80. The van der Waals surface area contributed by atoms with E-state index in [1.54, 1.807) is 7.11 Å². The van der Waals surface area contributed by atoms with Gasteiger partial charge in [-0.15, -0.1) is 0 Å². The number of nitrogens with zero attached hydrogens (tertiary/aromatic N) is 1. The molecule has 0 radical (unpaired) electrons. The normalized spacial score (nSPS) is 34.0. The summed E-state index contributed by atoms with van der Waals surface area (Å²) in [4.78, 5) is 2.57. The Morgan fingerprint density at radius 1 is 1.28 bits per heavy atom. The van der Waals surface area contributed by atoms with Crippen LogP contribution in [0.2, 0.25) is 0 Å². The maximum atomic E-state index is 6.06. The van der Waals surface area contributed by atoms with E-state index in [1.165, 1.54) is 38.8 Å². The minimum atomic E-state index is 0.430. The third-order valence-corrected chi connectivity index (χ3v) is 4.09. The number of ether oxygens (including phenoxy) is 2. The average molecular weight is 256 g/mol. The van der Waals surface area contributed by atoms with E-state index in [1.807, 2.05) is 7.05 Å². The highest BCUT2D eigenvalue weighted by Crippen LogP contribution is 2.23. The van der Waals surface area contributed by atoms with Crippen molar-refractivity contribution in [1.29, 1.82) is 0 Å². The van der Waals surface area contributed by atoms with Gasteiger partial charge in [0.25, 0.3) is 0 Å². The van der Waals surface area contributed by atoms with Gasteiger partial charge in [-0.25, -0.2) is 0 Å². The Bertz CT molecular complexity index is 236. The van der Waals surface area contributed by atoms with Gasteiger partial charge in [0, 0.05) is 26.7 Å². The standard InChI is InChI=1S/C14H28N2O2/c1-15-8-13-5-6-14(18-13)10-16-7-3-4-12(9-16)11-17-2/h12-15H,3-11H2,1-2H3. The van der Waals surface area contributed by atoms with Crippen LogP contribution >= 0.6 is 0 Å². The third kappa shape index (κ3) is 4.19. The second-order valence-electron chi connectivity index (χ2n) is 5.74. The van der Waals surface area contributed by atoms with E-state index in [2.05, 4.69) is 10.2 Å². The molecule has 0 amide bonds. The third-order valence-electron chi connectivity index (χ3n) is 4.09. The molecule has 2 fully saturated rings. The predicted molar refractivity (Wildman–Crippen MR) is 72.9 cm³/mol. The van der Waals surface area contributed by atoms with Crippen molar-refractivity contribution in [2.75, 3.05) is 46.9 Å². The lowest BCUT2D eigenvalue weighted by Crippen LogP contribution is -2.41. The highest BCUT2D eigenvalue weighted by Gasteiger charge is 2.28. The van der Waals surface area contributed by atoms with Crippen molar-refractivity contribution in [2.24, 2.45) is 5.92 Å². The zero-order chi connectivity index (χ0) is 12.8. The molecule has 3 unspecified atom stereocenters. The fraction of sp³-hybridized carbons (Fsp3) is 1.00. The molecule has 0 bridgehead atoms. The zero-order valence-corrected chi connectivity index (χ0v) is 11.9. The monoisotopic (exact) mass is 256 g/mol. The Balaban J connectivity index is 1.69. The number of hydrogen-bond donors (Lipinski definition) is 1. The summed E-state index contributed by atoms with van der Waals surface area (Å²) in [6.07, 6.45) is 5.93. The van der Waals surface area contributed by atoms with E-state index in [0.717, 1.165) is 25.6 Å². The van der Waals surface area contributed by atoms with Gasteiger partial charge in [0.2, 0.25) is 0 Å². The minimum Gasteiger partial charge on any atom is -0.384 e. The van der Waals surface area contributed by atoms with Crippen LogP contribution in [0.15, 0.2) is 0 Å². The number of nitrogens with one attached hydrogen (secondary N) is 1. The first-order valence-electron chi connectivity index (χ1n) is 7.33. The van der Waals surface area contributed by atoms with Gasteiger partial charge >= 0.3 is 0 Å². The van der Waals surface area contributed by atoms with E-state index >= 15 is 0 Å². The number of piperidine rings is 1. The molecule has 0 aromatic heterocycles. The first-order chi connectivity index (χ1) is 8.81. The van der Waals surface area contributed by atoms with Gasteiger partial charge in [0.1, 0.15) is 0 Å². The summed E-state index contributed by atoms with van der Waals surface area (Å²) in [7, 11) is 3.80. The van der Waals surface area contributed by atoms with Crippen molar-refractivity contribution in [3.63, 3.8) is 0 Å². The molecule has 0 aromatic rings. The Labute approximate surface area is 111 Å². The molecule has 0 aromatic carbocycles. The fourth-order valence-corrected chi connectivity index (χ4v) is 3.27. The molecule has 106 valence electrons. The van der Waals surface area contributed by atoms with Crippen molar-refractivity contribution >= 4 is 0 Å². The van der Waals surface area contributed by atoms with Crippen molar-refractivity contribution in [2.45, 2.75) is 37.9 Å². The van der Waals surface area contributed by atoms with Gasteiger partial charge in [0.15, 0.2) is 0 Å². The van der Waals surface area contributed by atoms with Crippen molar-refractivity contribution < 1.29 is 9.47 Å². The van der Waals surface area contributed by atoms with Crippen LogP contribution < -0.4 is 5.32 Å². The molecule has 0 aliphatic carbocycles. The Kier molecular flexibility index (Phi) is 5.89. The summed E-state index contributed by atoms with van der Waals surface area (Å²) in [5, 5.41) is 3.20. The summed E-state index contributed by atoms with van der Waals surface area (Å²) < 4.78 is 11.3. The fourth-order valence-electron chi connectivity index (χ4n) is 3.27. The van der Waals surface area contributed by atoms with Gasteiger partial charge in [-0.1, -0.05) is 0 Å². The first-order valence-corrected chi connectivity index (χ1v) is 7.33. The van der Waals surface area contributed by atoms with Crippen LogP contribution in [0.25, 0.3) is 0 Å². The lowest BCUT2D eigenvalue weighted by molar-refractivity contribution is 0.00935. The molecule has 0 spiro atoms. The van der Waals surface area contributed by atoms with E-state index in [4.69, 9.17) is 9.47 Å². The summed E-state index contributed by atoms with van der Waals surface area (Å²) in [6, 6.07) is 0. The molecular formula is C14H28N2O2. The number of likely N-dealkylation sites (N-methyl/N-ethyl adjacent to an activating group) is 1. The van der Waals surface area contributed by atoms with Gasteiger partial charge in [0.05, 0.1) is 18.8 Å². The second kappa shape index (κ2) is 7.43. The summed E-state index contributed by atoms with van der Waals surface area (Å²) in [5.41, 5.74) is 0. The Morgan fingerprint density at radius 3 is 2.89 bits per heavy atom. The maximum Gasteiger partial charge on any atom is 0.0707 e. The van der Waals surface area contributed by atoms with Crippen LogP contribution in [0.3, 0.4) is 0 Å². The van der Waals surface area contributed by atoms with E-state index < -0.39 is 0 Å². The topological polar surface area (TPSA) is 33.7 Å². The van der Waals surface area contributed by atoms with Gasteiger partial charge in [-0.05, 0) is 45.2 Å². The van der Waals surface area contributed by atoms with Crippen molar-refractivity contribution in [3.8, 4) is 0 Å². The van der Waals surface area contributed by atoms with Gasteiger partial charge in [-0.2, -0.15) is 0 Å². The highest BCUT2D eigenvalue weighted by atomic mass is 16.5. The van der Waals surface area contributed by atoms with Crippen LogP contribution in [0.4, 0.5) is 0 Å². The van der Waals surface area contributed by atoms with Crippen LogP contribution in [0.1, 0.15) is 25.7 Å². The second-order valence-corrected chi connectivity index (χ2v) is 5.74. The molecule has 18 heavy (non-hydrogen) atoms. The summed E-state index contributed by atoms with van der Waals surface area (Å²) in [5.74, 6) is 0.721. The molecule has 2 rings (SSSR count). The van der Waals surface area contributed by atoms with E-state index in [-0.39, 0.29) is 0 Å². The maximum absolute atomic E-state index is 6.06. The lowest BCUT2D eigenvalue weighted by Gasteiger charge is -2.33. The molecule has 2 saturated heterocycles. The molecule has 2 aliphatic rings. The molecular weight excluding hydrogens is 228 g/mol. The van der Waals surface area contributed by atoms with Crippen LogP contribution in [0, 0.1) is 5.92 Å². The molecule has 2 heterocycles. The number of likely N-dealkylation sites (tertiary alicyclic amines) is 1. The summed E-state index contributed by atoms with van der Waals surface area (Å²) in [6.45, 7) is 5.43. The molecule has 0 saturated carbocycles. The number of hydrogen-bond acceptors (Lipinski definition) is 4. The van der Waals surface area contributed by atoms with Crippen molar-refractivity contribution in [3.05, 3.63) is 0 Å². The SMILES string of the molecule is CNCC1CCC(CN2CCCC(COC)C2)O1. The first kappa shape index (κ1) is 14.3. The van der Waals surface area contributed by atoms with Crippen LogP contribution in [-0.4, -0.2) is 64.1 Å². The predicted octanol–water partition coefficient (Wildman–Crippen LogP) is 1.11. The number of rotatable bonds is 6. The Hall–Kier alpha value is -0.160. The smallest absolute Gasteiger partial charge is 0.0707 e. The number of methoxy groups -OCH3 is 1. The minimum absolute atomic E-state index is 0.430. The Morgan fingerprint density at radius 2 is 2.11 bits per heavy atom. The van der Waals surface area contributed by atoms with E-state index in [9.17, 15) is 0 Å². The zero-order valence-electron chi connectivity index (χ0n) is 11.9. The molecule has 3 atom stereocenters. The largest absolute Gasteiger partial charge is 0.384 e. The molecule has 1 N–H and O–H groups in total. The van der Waals surface area contributed by atoms with Crippen LogP contribution in [0.5, 0.6) is 0 Å². The lowest BCUT2D eigenvalue weighted by atomic mass is 9.98. The average Bonchev–Trinajstić information content (AvgIpc) is 2.78. The van der Waals surface area contributed by atoms with Gasteiger partial charge in [-0.3, -0.25) is 0 Å². The van der Waals surface area contributed by atoms with E-state index in [0.29, 0.717) is 12.2 Å². The van der Waals surface area contributed by atoms with Crippen LogP contribution in [-0.2, 0) is 9.47 Å². The molecule has 4 heteroatoms.